The second kappa shape index (κ2) is 12.0. The maximum Gasteiger partial charge on any atom is 0.191 e. The molecule has 2 aromatic rings. The van der Waals surface area contributed by atoms with Gasteiger partial charge in [0.2, 0.25) is 0 Å². The number of aromatic amines is 1. The van der Waals surface area contributed by atoms with Gasteiger partial charge in [0.05, 0.1) is 19.8 Å². The van der Waals surface area contributed by atoms with Gasteiger partial charge in [0.25, 0.3) is 0 Å². The Morgan fingerprint density at radius 2 is 2.00 bits per heavy atom. The second-order valence-corrected chi connectivity index (χ2v) is 5.28. The predicted octanol–water partition coefficient (Wildman–Crippen LogP) is 2.30. The fraction of sp³-hybridized carbons (Fsp3) is 0.471. The molecule has 0 saturated carbocycles. The third kappa shape index (κ3) is 7.17. The summed E-state index contributed by atoms with van der Waals surface area (Å²) < 4.78 is 23.7. The minimum Gasteiger partial charge on any atom is -0.382 e. The molecule has 1 aromatic heterocycles. The Bertz CT molecular complexity index is 663. The minimum atomic E-state index is -0.220. The van der Waals surface area contributed by atoms with Crippen molar-refractivity contribution < 1.29 is 13.9 Å². The van der Waals surface area contributed by atoms with E-state index in [9.17, 15) is 4.39 Å². The van der Waals surface area contributed by atoms with Crippen molar-refractivity contribution in [2.45, 2.75) is 6.42 Å². The molecule has 8 heteroatoms. The molecular formula is C17H26FIN4O2. The van der Waals surface area contributed by atoms with Crippen LogP contribution in [0.15, 0.2) is 29.4 Å². The summed E-state index contributed by atoms with van der Waals surface area (Å²) in [5.41, 5.74) is 2.03. The largest absolute Gasteiger partial charge is 0.382 e. The molecule has 140 valence electrons. The van der Waals surface area contributed by atoms with Crippen molar-refractivity contribution in [2.24, 2.45) is 4.99 Å². The van der Waals surface area contributed by atoms with Gasteiger partial charge >= 0.3 is 0 Å². The van der Waals surface area contributed by atoms with Crippen LogP contribution in [-0.4, -0.2) is 58.0 Å². The molecule has 0 amide bonds. The SMILES string of the molecule is CN=C(NCCOCCOC)NCCc1c[nH]c2ccc(F)cc12.I. The van der Waals surface area contributed by atoms with Gasteiger partial charge in [-0.3, -0.25) is 4.99 Å². The molecule has 0 atom stereocenters. The number of nitrogens with zero attached hydrogens (tertiary/aromatic N) is 1. The Morgan fingerprint density at radius 1 is 1.20 bits per heavy atom. The molecule has 2 rings (SSSR count). The maximum absolute atomic E-state index is 13.4. The molecule has 0 spiro atoms. The van der Waals surface area contributed by atoms with Crippen LogP contribution >= 0.6 is 24.0 Å². The molecule has 0 saturated heterocycles. The van der Waals surface area contributed by atoms with Gasteiger partial charge in [0.1, 0.15) is 5.82 Å². The Morgan fingerprint density at radius 3 is 2.76 bits per heavy atom. The normalized spacial score (nSPS) is 11.4. The summed E-state index contributed by atoms with van der Waals surface area (Å²) in [6, 6.07) is 4.78. The molecule has 0 aliphatic carbocycles. The fourth-order valence-corrected chi connectivity index (χ4v) is 2.38. The average molecular weight is 464 g/mol. The van der Waals surface area contributed by atoms with E-state index in [0.717, 1.165) is 28.8 Å². The van der Waals surface area contributed by atoms with E-state index < -0.39 is 0 Å². The van der Waals surface area contributed by atoms with E-state index >= 15 is 0 Å². The van der Waals surface area contributed by atoms with Crippen molar-refractivity contribution in [1.29, 1.82) is 0 Å². The van der Waals surface area contributed by atoms with Crippen molar-refractivity contribution in [3.05, 3.63) is 35.8 Å². The summed E-state index contributed by atoms with van der Waals surface area (Å²) in [4.78, 5) is 7.32. The highest BCUT2D eigenvalue weighted by Crippen LogP contribution is 2.19. The predicted molar refractivity (Wildman–Crippen MR) is 109 cm³/mol. The topological polar surface area (TPSA) is 70.7 Å². The van der Waals surface area contributed by atoms with Gasteiger partial charge in [-0.1, -0.05) is 0 Å². The van der Waals surface area contributed by atoms with Gasteiger partial charge in [0.15, 0.2) is 5.96 Å². The number of hydrogen-bond acceptors (Lipinski definition) is 3. The third-order valence-corrected chi connectivity index (χ3v) is 3.61. The smallest absolute Gasteiger partial charge is 0.191 e. The van der Waals surface area contributed by atoms with E-state index in [2.05, 4.69) is 20.6 Å². The van der Waals surface area contributed by atoms with E-state index in [1.165, 1.54) is 6.07 Å². The van der Waals surface area contributed by atoms with Crippen molar-refractivity contribution in [2.75, 3.05) is 47.1 Å². The lowest BCUT2D eigenvalue weighted by Gasteiger charge is -2.12. The van der Waals surface area contributed by atoms with Crippen LogP contribution in [0.1, 0.15) is 5.56 Å². The molecule has 1 aromatic carbocycles. The van der Waals surface area contributed by atoms with Crippen molar-refractivity contribution in [3.63, 3.8) is 0 Å². The number of benzene rings is 1. The van der Waals surface area contributed by atoms with Gasteiger partial charge in [-0.15, -0.1) is 24.0 Å². The Hall–Kier alpha value is -1.39. The van der Waals surface area contributed by atoms with Crippen LogP contribution in [0, 0.1) is 5.82 Å². The molecule has 25 heavy (non-hydrogen) atoms. The molecule has 0 aliphatic heterocycles. The number of aliphatic imine (C=N–C) groups is 1. The lowest BCUT2D eigenvalue weighted by atomic mass is 10.1. The number of aromatic nitrogens is 1. The first-order chi connectivity index (χ1) is 11.7. The first kappa shape index (κ1) is 21.7. The van der Waals surface area contributed by atoms with E-state index in [1.807, 2.05) is 6.20 Å². The first-order valence-electron chi connectivity index (χ1n) is 8.01. The van der Waals surface area contributed by atoms with Crippen LogP contribution in [-0.2, 0) is 15.9 Å². The van der Waals surface area contributed by atoms with Crippen molar-refractivity contribution in [3.8, 4) is 0 Å². The number of guanidine groups is 1. The van der Waals surface area contributed by atoms with Gasteiger partial charge in [0, 0.05) is 44.3 Å². The summed E-state index contributed by atoms with van der Waals surface area (Å²) in [7, 11) is 3.37. The number of nitrogens with one attached hydrogen (secondary N) is 3. The van der Waals surface area contributed by atoms with E-state index in [1.54, 1.807) is 26.3 Å². The second-order valence-electron chi connectivity index (χ2n) is 5.28. The lowest BCUT2D eigenvalue weighted by Crippen LogP contribution is -2.39. The molecule has 0 bridgehead atoms. The van der Waals surface area contributed by atoms with Gasteiger partial charge in [-0.05, 0) is 30.2 Å². The highest BCUT2D eigenvalue weighted by atomic mass is 127. The Kier molecular flexibility index (Phi) is 10.4. The molecule has 0 aliphatic rings. The van der Waals surface area contributed by atoms with E-state index in [0.29, 0.717) is 32.9 Å². The molecule has 0 unspecified atom stereocenters. The number of fused-ring (bicyclic) bond motifs is 1. The van der Waals surface area contributed by atoms with Crippen LogP contribution in [0.3, 0.4) is 0 Å². The van der Waals surface area contributed by atoms with Gasteiger partial charge in [-0.25, -0.2) is 4.39 Å². The summed E-state index contributed by atoms with van der Waals surface area (Å²) in [6.45, 7) is 3.14. The Labute approximate surface area is 164 Å². The average Bonchev–Trinajstić information content (AvgIpc) is 2.98. The maximum atomic E-state index is 13.4. The number of halogens is 2. The van der Waals surface area contributed by atoms with Gasteiger partial charge < -0.3 is 25.1 Å². The van der Waals surface area contributed by atoms with Crippen LogP contribution in [0.25, 0.3) is 10.9 Å². The zero-order valence-electron chi connectivity index (χ0n) is 14.6. The monoisotopic (exact) mass is 464 g/mol. The molecule has 3 N–H and O–H groups in total. The summed E-state index contributed by atoms with van der Waals surface area (Å²) in [5, 5.41) is 7.34. The number of H-pyrrole nitrogens is 1. The summed E-state index contributed by atoms with van der Waals surface area (Å²) in [5.74, 6) is 0.499. The van der Waals surface area contributed by atoms with Gasteiger partial charge in [-0.2, -0.15) is 0 Å². The Balaban J connectivity index is 0.00000312. The highest BCUT2D eigenvalue weighted by molar-refractivity contribution is 14.0. The van der Waals surface area contributed by atoms with Crippen LogP contribution < -0.4 is 10.6 Å². The molecular weight excluding hydrogens is 438 g/mol. The molecule has 0 fully saturated rings. The minimum absolute atomic E-state index is 0. The third-order valence-electron chi connectivity index (χ3n) is 3.61. The highest BCUT2D eigenvalue weighted by Gasteiger charge is 2.05. The quantitative estimate of drug-likeness (QED) is 0.231. The number of rotatable bonds is 9. The van der Waals surface area contributed by atoms with E-state index in [4.69, 9.17) is 9.47 Å². The van der Waals surface area contributed by atoms with Crippen molar-refractivity contribution in [1.82, 2.24) is 15.6 Å². The number of methoxy groups -OCH3 is 1. The molecule has 0 radical (unpaired) electrons. The lowest BCUT2D eigenvalue weighted by molar-refractivity contribution is 0.0733. The van der Waals surface area contributed by atoms with Crippen LogP contribution in [0.4, 0.5) is 4.39 Å². The molecule has 1 heterocycles. The zero-order chi connectivity index (χ0) is 17.2. The summed E-state index contributed by atoms with van der Waals surface area (Å²) >= 11 is 0. The standard InChI is InChI=1S/C17H25FN4O2.HI/c1-19-17(21-7-8-24-10-9-23-2)20-6-5-13-12-22-16-4-3-14(18)11-15(13)16;/h3-4,11-12,22H,5-10H2,1-2H3,(H2,19,20,21);1H. The number of hydrogen-bond donors (Lipinski definition) is 3. The van der Waals surface area contributed by atoms with Crippen LogP contribution in [0.5, 0.6) is 0 Å². The number of ether oxygens (including phenoxy) is 2. The van der Waals surface area contributed by atoms with E-state index in [-0.39, 0.29) is 29.8 Å². The van der Waals surface area contributed by atoms with Crippen LogP contribution in [0.2, 0.25) is 0 Å². The first-order valence-corrected chi connectivity index (χ1v) is 8.01. The molecule has 6 nitrogen and oxygen atoms in total. The summed E-state index contributed by atoms with van der Waals surface area (Å²) in [6.07, 6.45) is 2.69. The van der Waals surface area contributed by atoms with Crippen molar-refractivity contribution >= 4 is 40.8 Å². The fourth-order valence-electron chi connectivity index (χ4n) is 2.38. The zero-order valence-corrected chi connectivity index (χ0v) is 16.9.